The maximum absolute atomic E-state index is 12.3. The molecule has 0 aliphatic rings. The van der Waals surface area contributed by atoms with Crippen LogP contribution in [0.3, 0.4) is 0 Å². The van der Waals surface area contributed by atoms with E-state index in [4.69, 9.17) is 23.4 Å². The number of carbonyl (C=O) groups excluding carboxylic acids is 1. The van der Waals surface area contributed by atoms with Gasteiger partial charge in [-0.05, 0) is 30.3 Å². The van der Waals surface area contributed by atoms with Crippen molar-refractivity contribution in [2.45, 2.75) is 6.54 Å². The predicted octanol–water partition coefficient (Wildman–Crippen LogP) is 4.31. The van der Waals surface area contributed by atoms with E-state index in [1.165, 1.54) is 0 Å². The van der Waals surface area contributed by atoms with Gasteiger partial charge in [-0.25, -0.2) is 0 Å². The average molecular weight is 421 g/mol. The number of hydrogen-bond acceptors (Lipinski definition) is 6. The van der Waals surface area contributed by atoms with Crippen LogP contribution in [0.5, 0.6) is 23.0 Å². The van der Waals surface area contributed by atoms with E-state index < -0.39 is 0 Å². The third-order valence-electron chi connectivity index (χ3n) is 4.98. The molecule has 0 aliphatic carbocycles. The van der Waals surface area contributed by atoms with Crippen LogP contribution in [0.1, 0.15) is 5.56 Å². The summed E-state index contributed by atoms with van der Waals surface area (Å²) in [6.45, 7) is 0.147. The number of ether oxygens (including phenoxy) is 4. The van der Waals surface area contributed by atoms with E-state index in [0.717, 1.165) is 27.5 Å². The summed E-state index contributed by atoms with van der Waals surface area (Å²) >= 11 is 0. The van der Waals surface area contributed by atoms with Crippen molar-refractivity contribution in [2.24, 2.45) is 0 Å². The Morgan fingerprint density at radius 3 is 2.32 bits per heavy atom. The molecule has 0 spiro atoms. The number of nitrogens with one attached hydrogen (secondary N) is 1. The molecule has 7 nitrogen and oxygen atoms in total. The Labute approximate surface area is 179 Å². The third-order valence-corrected chi connectivity index (χ3v) is 4.98. The summed E-state index contributed by atoms with van der Waals surface area (Å²) in [4.78, 5) is 12.3. The highest BCUT2D eigenvalue weighted by molar-refractivity contribution is 6.05. The first-order valence-corrected chi connectivity index (χ1v) is 9.72. The van der Waals surface area contributed by atoms with Gasteiger partial charge in [0.25, 0.3) is 5.91 Å². The highest BCUT2D eigenvalue weighted by Gasteiger charge is 2.13. The molecule has 0 atom stereocenters. The molecule has 1 heterocycles. The standard InChI is InChI=1S/C24H23NO6/c1-27-21-12-23(29-3)22(28-2)10-15(21)13-25-24(26)14-30-16-8-9-20-18(11-16)17-6-4-5-7-19(17)31-20/h4-12H,13-14H2,1-3H3,(H,25,26). The molecule has 1 amide bonds. The van der Waals surface area contributed by atoms with Crippen molar-refractivity contribution in [2.75, 3.05) is 27.9 Å². The van der Waals surface area contributed by atoms with Crippen LogP contribution in [-0.2, 0) is 11.3 Å². The first-order valence-electron chi connectivity index (χ1n) is 9.72. The van der Waals surface area contributed by atoms with Gasteiger partial charge in [-0.1, -0.05) is 18.2 Å². The van der Waals surface area contributed by atoms with Crippen LogP contribution in [0.4, 0.5) is 0 Å². The first kappa shape index (κ1) is 20.4. The second kappa shape index (κ2) is 8.87. The Morgan fingerprint density at radius 2 is 1.55 bits per heavy atom. The molecule has 0 saturated carbocycles. The predicted molar refractivity (Wildman–Crippen MR) is 117 cm³/mol. The summed E-state index contributed by atoms with van der Waals surface area (Å²) in [5, 5.41) is 4.79. The first-order chi connectivity index (χ1) is 15.1. The average Bonchev–Trinajstić information content (AvgIpc) is 3.18. The Morgan fingerprint density at radius 1 is 0.839 bits per heavy atom. The molecule has 7 heteroatoms. The molecule has 4 rings (SSSR count). The van der Waals surface area contributed by atoms with Crippen molar-refractivity contribution in [3.63, 3.8) is 0 Å². The molecular formula is C24H23NO6. The normalized spacial score (nSPS) is 10.8. The number of furan rings is 1. The van der Waals surface area contributed by atoms with Crippen LogP contribution < -0.4 is 24.3 Å². The second-order valence-electron chi connectivity index (χ2n) is 6.84. The van der Waals surface area contributed by atoms with Gasteiger partial charge in [-0.15, -0.1) is 0 Å². The van der Waals surface area contributed by atoms with Crippen LogP contribution in [0.15, 0.2) is 59.0 Å². The molecule has 1 N–H and O–H groups in total. The minimum absolute atomic E-state index is 0.114. The van der Waals surface area contributed by atoms with Gasteiger partial charge in [0.1, 0.15) is 22.7 Å². The highest BCUT2D eigenvalue weighted by atomic mass is 16.5. The number of hydrogen-bond donors (Lipinski definition) is 1. The molecule has 0 aliphatic heterocycles. The van der Waals surface area contributed by atoms with E-state index in [1.807, 2.05) is 36.4 Å². The van der Waals surface area contributed by atoms with Crippen molar-refractivity contribution in [1.82, 2.24) is 5.32 Å². The molecule has 4 aromatic rings. The van der Waals surface area contributed by atoms with Crippen molar-refractivity contribution >= 4 is 27.8 Å². The molecule has 31 heavy (non-hydrogen) atoms. The fourth-order valence-electron chi connectivity index (χ4n) is 3.42. The van der Waals surface area contributed by atoms with Gasteiger partial charge in [0.05, 0.1) is 21.3 Å². The summed E-state index contributed by atoms with van der Waals surface area (Å²) in [7, 11) is 4.67. The van der Waals surface area contributed by atoms with Gasteiger partial charge in [0.2, 0.25) is 0 Å². The van der Waals surface area contributed by atoms with Gasteiger partial charge < -0.3 is 28.7 Å². The van der Waals surface area contributed by atoms with Gasteiger partial charge in [0.15, 0.2) is 18.1 Å². The minimum atomic E-state index is -0.256. The maximum atomic E-state index is 12.3. The number of rotatable bonds is 8. The third kappa shape index (κ3) is 4.21. The quantitative estimate of drug-likeness (QED) is 0.457. The number of para-hydroxylation sites is 1. The molecule has 0 bridgehead atoms. The van der Waals surface area contributed by atoms with E-state index in [2.05, 4.69) is 5.32 Å². The van der Waals surface area contributed by atoms with Crippen molar-refractivity contribution in [3.05, 3.63) is 60.2 Å². The van der Waals surface area contributed by atoms with E-state index >= 15 is 0 Å². The van der Waals surface area contributed by atoms with Gasteiger partial charge >= 0.3 is 0 Å². The molecule has 160 valence electrons. The Bertz CT molecular complexity index is 1230. The molecule has 0 saturated heterocycles. The lowest BCUT2D eigenvalue weighted by molar-refractivity contribution is -0.123. The Kier molecular flexibility index (Phi) is 5.84. The topological polar surface area (TPSA) is 79.2 Å². The zero-order valence-electron chi connectivity index (χ0n) is 17.6. The minimum Gasteiger partial charge on any atom is -0.496 e. The largest absolute Gasteiger partial charge is 0.496 e. The Hall–Kier alpha value is -3.87. The van der Waals surface area contributed by atoms with E-state index in [9.17, 15) is 4.79 Å². The fourth-order valence-corrected chi connectivity index (χ4v) is 3.42. The number of methoxy groups -OCH3 is 3. The summed E-state index contributed by atoms with van der Waals surface area (Å²) in [5.41, 5.74) is 2.36. The summed E-state index contributed by atoms with van der Waals surface area (Å²) in [6, 6.07) is 16.8. The fraction of sp³-hybridized carbons (Fsp3) is 0.208. The van der Waals surface area contributed by atoms with E-state index in [0.29, 0.717) is 23.0 Å². The zero-order valence-corrected chi connectivity index (χ0v) is 17.6. The van der Waals surface area contributed by atoms with Crippen molar-refractivity contribution in [3.8, 4) is 23.0 Å². The number of carbonyl (C=O) groups is 1. The monoisotopic (exact) mass is 421 g/mol. The second-order valence-corrected chi connectivity index (χ2v) is 6.84. The summed E-state index contributed by atoms with van der Waals surface area (Å²) < 4.78 is 27.5. The molecular weight excluding hydrogens is 398 g/mol. The molecule has 0 fully saturated rings. The molecule has 3 aromatic carbocycles. The van der Waals surface area contributed by atoms with Crippen LogP contribution in [0, 0.1) is 0 Å². The van der Waals surface area contributed by atoms with Crippen LogP contribution in [0.2, 0.25) is 0 Å². The lowest BCUT2D eigenvalue weighted by atomic mass is 10.1. The molecule has 0 unspecified atom stereocenters. The van der Waals surface area contributed by atoms with E-state index in [-0.39, 0.29) is 19.1 Å². The van der Waals surface area contributed by atoms with Gasteiger partial charge in [-0.3, -0.25) is 4.79 Å². The number of amides is 1. The lowest BCUT2D eigenvalue weighted by Crippen LogP contribution is -2.28. The van der Waals surface area contributed by atoms with Crippen molar-refractivity contribution in [1.29, 1.82) is 0 Å². The molecule has 0 radical (unpaired) electrons. The zero-order chi connectivity index (χ0) is 21.8. The summed E-state index contributed by atoms with van der Waals surface area (Å²) in [6.07, 6.45) is 0. The van der Waals surface area contributed by atoms with Crippen LogP contribution >= 0.6 is 0 Å². The van der Waals surface area contributed by atoms with Crippen LogP contribution in [0.25, 0.3) is 21.9 Å². The SMILES string of the molecule is COc1cc(OC)c(OC)cc1CNC(=O)COc1ccc2oc3ccccc3c2c1. The summed E-state index contributed by atoms with van der Waals surface area (Å²) in [5.74, 6) is 2.05. The number of fused-ring (bicyclic) bond motifs is 3. The van der Waals surface area contributed by atoms with Gasteiger partial charge in [0, 0.05) is 28.9 Å². The van der Waals surface area contributed by atoms with Gasteiger partial charge in [-0.2, -0.15) is 0 Å². The van der Waals surface area contributed by atoms with Crippen molar-refractivity contribution < 1.29 is 28.2 Å². The lowest BCUT2D eigenvalue weighted by Gasteiger charge is -2.14. The Balaban J connectivity index is 1.41. The highest BCUT2D eigenvalue weighted by Crippen LogP contribution is 2.34. The number of benzene rings is 3. The molecule has 1 aromatic heterocycles. The van der Waals surface area contributed by atoms with Crippen LogP contribution in [-0.4, -0.2) is 33.8 Å². The smallest absolute Gasteiger partial charge is 0.258 e. The maximum Gasteiger partial charge on any atom is 0.258 e. The van der Waals surface area contributed by atoms with E-state index in [1.54, 1.807) is 39.5 Å².